The first-order chi connectivity index (χ1) is 22.6. The molecule has 1 aliphatic heterocycles. The number of halogens is 3. The Morgan fingerprint density at radius 1 is 0.915 bits per heavy atom. The van der Waals surface area contributed by atoms with Crippen molar-refractivity contribution in [3.05, 3.63) is 84.2 Å². The highest BCUT2D eigenvalue weighted by Gasteiger charge is 2.44. The van der Waals surface area contributed by atoms with Crippen molar-refractivity contribution < 1.29 is 17.9 Å². The van der Waals surface area contributed by atoms with Crippen molar-refractivity contribution in [3.63, 3.8) is 0 Å². The van der Waals surface area contributed by atoms with E-state index in [-0.39, 0.29) is 5.75 Å². The Morgan fingerprint density at radius 2 is 1.72 bits per heavy atom. The van der Waals surface area contributed by atoms with Gasteiger partial charge in [0.05, 0.1) is 5.69 Å². The first-order valence-electron chi connectivity index (χ1n) is 16.1. The largest absolute Gasteiger partial charge is 0.484 e. The molecule has 2 aromatic heterocycles. The van der Waals surface area contributed by atoms with Gasteiger partial charge in [0, 0.05) is 47.3 Å². The van der Waals surface area contributed by atoms with Gasteiger partial charge < -0.3 is 14.4 Å². The molecule has 0 atom stereocenters. The minimum Gasteiger partial charge on any atom is -0.484 e. The molecule has 4 bridgehead atoms. The van der Waals surface area contributed by atoms with E-state index in [9.17, 15) is 13.2 Å². The van der Waals surface area contributed by atoms with Crippen LogP contribution in [0.2, 0.25) is 0 Å². The fourth-order valence-corrected chi connectivity index (χ4v) is 6.36. The van der Waals surface area contributed by atoms with Gasteiger partial charge in [0.25, 0.3) is 5.92 Å². The van der Waals surface area contributed by atoms with Gasteiger partial charge in [-0.2, -0.15) is 11.8 Å². The van der Waals surface area contributed by atoms with E-state index in [1.165, 1.54) is 50.4 Å². The predicted octanol–water partition coefficient (Wildman–Crippen LogP) is 10.4. The molecule has 2 aromatic carbocycles. The summed E-state index contributed by atoms with van der Waals surface area (Å²) < 4.78 is 53.1. The van der Waals surface area contributed by atoms with Crippen LogP contribution in [0.4, 0.5) is 24.8 Å². The van der Waals surface area contributed by atoms with E-state index < -0.39 is 23.8 Å². The number of aryl methyl sites for hydroxylation is 1. The number of thioether (sulfide) groups is 1. The second-order valence-electron chi connectivity index (χ2n) is 12.8. The molecule has 0 radical (unpaired) electrons. The Morgan fingerprint density at radius 3 is 2.53 bits per heavy atom. The van der Waals surface area contributed by atoms with Crippen LogP contribution in [0.5, 0.6) is 5.75 Å². The molecule has 0 fully saturated rings. The van der Waals surface area contributed by atoms with Crippen LogP contribution in [0, 0.1) is 11.2 Å². The van der Waals surface area contributed by atoms with Gasteiger partial charge >= 0.3 is 0 Å². The van der Waals surface area contributed by atoms with Crippen LogP contribution in [0.3, 0.4) is 0 Å². The third-order valence-electron chi connectivity index (χ3n) is 8.40. The highest BCUT2D eigenvalue weighted by molar-refractivity contribution is 8.00. The quantitative estimate of drug-likeness (QED) is 0.195. The first-order valence-corrected chi connectivity index (χ1v) is 18.3. The molecule has 0 amide bonds. The minimum atomic E-state index is -3.15. The van der Waals surface area contributed by atoms with Crippen LogP contribution in [-0.4, -0.2) is 47.6 Å². The van der Waals surface area contributed by atoms with Gasteiger partial charge in [-0.15, -0.1) is 0 Å². The fourth-order valence-electron chi connectivity index (χ4n) is 5.35. The Balaban J connectivity index is 1.52. The summed E-state index contributed by atoms with van der Waals surface area (Å²) >= 11 is 3.24. The third-order valence-corrected chi connectivity index (χ3v) is 9.74. The zero-order valence-electron chi connectivity index (χ0n) is 27.5. The van der Waals surface area contributed by atoms with E-state index in [0.717, 1.165) is 78.6 Å². The number of aromatic nitrogens is 2. The summed E-state index contributed by atoms with van der Waals surface area (Å²) in [7, 11) is 0. The van der Waals surface area contributed by atoms with E-state index in [0.29, 0.717) is 11.4 Å². The summed E-state index contributed by atoms with van der Waals surface area (Å²) in [5.74, 6) is -1.40. The minimum absolute atomic E-state index is 0.216. The number of fused-ring (bicyclic) bond motifs is 6. The summed E-state index contributed by atoms with van der Waals surface area (Å²) in [6.45, 7) is 5.31. The van der Waals surface area contributed by atoms with Gasteiger partial charge in [-0.3, -0.25) is 0 Å². The second-order valence-corrected chi connectivity index (χ2v) is 14.6. The molecule has 0 spiro atoms. The number of anilines is 2. The van der Waals surface area contributed by atoms with Crippen molar-refractivity contribution in [2.45, 2.75) is 63.8 Å². The first kappa shape index (κ1) is 35.0. The molecule has 1 N–H and O–H groups in total. The lowest BCUT2D eigenvalue weighted by molar-refractivity contribution is -0.123. The number of hydrogen-bond acceptors (Lipinski definition) is 7. The monoisotopic (exact) mass is 680 g/mol. The molecule has 5 rings (SSSR count). The summed E-state index contributed by atoms with van der Waals surface area (Å²) in [4.78, 5) is 12.4. The molecule has 0 saturated carbocycles. The Labute approximate surface area is 285 Å². The van der Waals surface area contributed by atoms with Crippen molar-refractivity contribution in [2.75, 3.05) is 41.3 Å². The zero-order chi connectivity index (χ0) is 33.4. The molecule has 250 valence electrons. The van der Waals surface area contributed by atoms with Crippen LogP contribution in [0.1, 0.15) is 52.0 Å². The van der Waals surface area contributed by atoms with Gasteiger partial charge in [0.2, 0.25) is 0 Å². The molecule has 10 heteroatoms. The van der Waals surface area contributed by atoms with Gasteiger partial charge in [0.1, 0.15) is 16.7 Å². The molecule has 3 heterocycles. The number of nitrogens with one attached hydrogen (secondary N) is 1. The molecule has 0 saturated heterocycles. The number of ether oxygens (including phenoxy) is 1. The summed E-state index contributed by atoms with van der Waals surface area (Å²) in [6.07, 6.45) is 7.38. The highest BCUT2D eigenvalue weighted by Crippen LogP contribution is 2.39. The maximum atomic E-state index is 14.9. The molecule has 5 nitrogen and oxygen atoms in total. The Bertz CT molecular complexity index is 1650. The number of nitrogens with zero attached hydrogens (tertiary/aromatic N) is 3. The van der Waals surface area contributed by atoms with Crippen LogP contribution >= 0.6 is 23.7 Å². The molecular formula is C37H43F3N4OS2. The normalized spacial score (nSPS) is 14.6. The van der Waals surface area contributed by atoms with Crippen LogP contribution in [0.15, 0.2) is 77.8 Å². The number of hydrogen-bond donors (Lipinski definition) is 1. The average molecular weight is 681 g/mol. The summed E-state index contributed by atoms with van der Waals surface area (Å²) in [5, 5.41) is 0.834. The van der Waals surface area contributed by atoms with Crippen molar-refractivity contribution in [1.82, 2.24) is 9.97 Å². The van der Waals surface area contributed by atoms with E-state index in [1.807, 2.05) is 48.2 Å². The van der Waals surface area contributed by atoms with Crippen molar-refractivity contribution in [2.24, 2.45) is 5.41 Å². The summed E-state index contributed by atoms with van der Waals surface area (Å²) in [5.41, 5.74) is 2.93. The standard InChI is InChI=1S/C37H43F3N4OS2/c1-36(2,3)37(39,40)25-45-31-24-27(17-19-30(31)38)29-18-20-32-41-35(29)28-14-9-8-13-26(28)12-7-5-6-10-21-44(22-23-46-4)33-15-11-16-34(42-33)47-43-32/h8-9,11,13-20,24H,5-7,10,12,21-23,25H2,1-4H3,(H,41,43). The lowest BCUT2D eigenvalue weighted by atomic mass is 9.88. The second kappa shape index (κ2) is 15.7. The van der Waals surface area contributed by atoms with E-state index in [2.05, 4.69) is 34.1 Å². The Hall–Kier alpha value is -3.37. The van der Waals surface area contributed by atoms with Crippen molar-refractivity contribution in [1.29, 1.82) is 0 Å². The number of pyridine rings is 2. The van der Waals surface area contributed by atoms with E-state index >= 15 is 0 Å². The molecule has 0 unspecified atom stereocenters. The van der Waals surface area contributed by atoms with Crippen LogP contribution in [-0.2, 0) is 6.42 Å². The van der Waals surface area contributed by atoms with E-state index in [4.69, 9.17) is 14.7 Å². The van der Waals surface area contributed by atoms with E-state index in [1.54, 1.807) is 6.07 Å². The topological polar surface area (TPSA) is 50.3 Å². The van der Waals surface area contributed by atoms with Gasteiger partial charge in [-0.1, -0.05) is 70.0 Å². The molecule has 47 heavy (non-hydrogen) atoms. The highest BCUT2D eigenvalue weighted by atomic mass is 32.2. The maximum Gasteiger partial charge on any atom is 0.286 e. The smallest absolute Gasteiger partial charge is 0.286 e. The number of alkyl halides is 2. The molecule has 4 aromatic rings. The zero-order valence-corrected chi connectivity index (χ0v) is 29.1. The molecule has 0 aliphatic carbocycles. The van der Waals surface area contributed by atoms with Crippen molar-refractivity contribution in [3.8, 4) is 28.1 Å². The molecule has 1 aliphatic rings. The van der Waals surface area contributed by atoms with Gasteiger partial charge in [-0.05, 0) is 73.0 Å². The third kappa shape index (κ3) is 8.96. The van der Waals surface area contributed by atoms with Crippen LogP contribution < -0.4 is 14.4 Å². The van der Waals surface area contributed by atoms with Gasteiger partial charge in [-0.25, -0.2) is 23.1 Å². The molecular weight excluding hydrogens is 638 g/mol. The maximum absolute atomic E-state index is 14.9. The fraction of sp³-hybridized carbons (Fsp3) is 0.405. The number of rotatable bonds is 7. The van der Waals surface area contributed by atoms with Gasteiger partial charge in [0.15, 0.2) is 18.2 Å². The Kier molecular flexibility index (Phi) is 11.7. The van der Waals surface area contributed by atoms with Crippen LogP contribution in [0.25, 0.3) is 22.4 Å². The lowest BCUT2D eigenvalue weighted by Gasteiger charge is -2.30. The van der Waals surface area contributed by atoms with Crippen molar-refractivity contribution >= 4 is 35.3 Å². The summed E-state index contributed by atoms with van der Waals surface area (Å²) in [6, 6.07) is 22.5. The predicted molar refractivity (Wildman–Crippen MR) is 191 cm³/mol. The number of benzene rings is 2. The SMILES string of the molecule is CSCCN1CCCCCCc2ccccc2-c2nc(ccc2-c2ccc(F)c(OCC(F)(F)C(C)(C)C)c2)NSc2cccc1n2. The average Bonchev–Trinajstić information content (AvgIpc) is 3.06. The lowest BCUT2D eigenvalue weighted by Crippen LogP contribution is -2.39.